The van der Waals surface area contributed by atoms with Gasteiger partial charge in [0.2, 0.25) is 0 Å². The zero-order chi connectivity index (χ0) is 12.0. The molecule has 0 amide bonds. The van der Waals surface area contributed by atoms with Crippen LogP contribution < -0.4 is 10.5 Å². The fraction of sp³-hybridized carbons (Fsp3) is 0.545. The number of nitrogens with zero attached hydrogens (tertiary/aromatic N) is 2. The van der Waals surface area contributed by atoms with Crippen LogP contribution in [0, 0.1) is 11.3 Å². The van der Waals surface area contributed by atoms with Crippen molar-refractivity contribution < 1.29 is 4.74 Å². The van der Waals surface area contributed by atoms with Gasteiger partial charge in [-0.1, -0.05) is 13.8 Å². The van der Waals surface area contributed by atoms with Gasteiger partial charge in [-0.3, -0.25) is 5.41 Å². The molecule has 1 heterocycles. The van der Waals surface area contributed by atoms with Crippen LogP contribution in [-0.2, 0) is 0 Å². The van der Waals surface area contributed by atoms with E-state index in [1.165, 1.54) is 0 Å². The number of aromatic nitrogens is 2. The average Bonchev–Trinajstić information content (AvgIpc) is 2.24. The van der Waals surface area contributed by atoms with Crippen LogP contribution in [-0.4, -0.2) is 22.4 Å². The van der Waals surface area contributed by atoms with Crippen molar-refractivity contribution in [1.82, 2.24) is 9.97 Å². The van der Waals surface area contributed by atoms with Crippen molar-refractivity contribution in [3.05, 3.63) is 18.0 Å². The lowest BCUT2D eigenvalue weighted by Gasteiger charge is -2.06. The Kier molecular flexibility index (Phi) is 4.69. The summed E-state index contributed by atoms with van der Waals surface area (Å²) in [5.74, 6) is 0.600. The Morgan fingerprint density at radius 1 is 1.56 bits per heavy atom. The second-order valence-electron chi connectivity index (χ2n) is 4.02. The van der Waals surface area contributed by atoms with Gasteiger partial charge in [0.05, 0.1) is 6.61 Å². The third-order valence-electron chi connectivity index (χ3n) is 2.07. The average molecular weight is 222 g/mol. The van der Waals surface area contributed by atoms with E-state index in [4.69, 9.17) is 15.9 Å². The highest BCUT2D eigenvalue weighted by atomic mass is 16.5. The van der Waals surface area contributed by atoms with E-state index in [9.17, 15) is 0 Å². The molecule has 88 valence electrons. The van der Waals surface area contributed by atoms with Gasteiger partial charge in [-0.15, -0.1) is 0 Å². The van der Waals surface area contributed by atoms with Gasteiger partial charge in [0, 0.05) is 6.20 Å². The Morgan fingerprint density at radius 2 is 2.31 bits per heavy atom. The zero-order valence-corrected chi connectivity index (χ0v) is 9.73. The zero-order valence-electron chi connectivity index (χ0n) is 9.73. The molecule has 1 aromatic heterocycles. The van der Waals surface area contributed by atoms with E-state index in [1.54, 1.807) is 12.3 Å². The Labute approximate surface area is 95.6 Å². The number of ether oxygens (including phenoxy) is 1. The third-order valence-corrected chi connectivity index (χ3v) is 2.07. The number of hydrogen-bond acceptors (Lipinski definition) is 4. The summed E-state index contributed by atoms with van der Waals surface area (Å²) in [6.07, 6.45) is 3.64. The number of nitrogens with one attached hydrogen (secondary N) is 1. The molecule has 0 aliphatic heterocycles. The molecule has 0 atom stereocenters. The van der Waals surface area contributed by atoms with Crippen LogP contribution in [0.4, 0.5) is 0 Å². The van der Waals surface area contributed by atoms with Gasteiger partial charge in [-0.05, 0) is 24.8 Å². The molecular weight excluding hydrogens is 204 g/mol. The predicted molar refractivity (Wildman–Crippen MR) is 62.6 cm³/mol. The Balaban J connectivity index is 2.42. The molecule has 1 rings (SSSR count). The first-order chi connectivity index (χ1) is 7.59. The summed E-state index contributed by atoms with van der Waals surface area (Å²) in [5, 5.41) is 7.23. The van der Waals surface area contributed by atoms with Gasteiger partial charge in [0.1, 0.15) is 11.5 Å². The van der Waals surface area contributed by atoms with Gasteiger partial charge in [-0.2, -0.15) is 4.98 Å². The molecule has 3 N–H and O–H groups in total. The van der Waals surface area contributed by atoms with Gasteiger partial charge in [-0.25, -0.2) is 4.98 Å². The minimum atomic E-state index is -0.0746. The summed E-state index contributed by atoms with van der Waals surface area (Å²) in [6.45, 7) is 4.94. The molecule has 0 unspecified atom stereocenters. The van der Waals surface area contributed by atoms with Crippen LogP contribution in [0.3, 0.4) is 0 Å². The molecule has 5 nitrogen and oxygen atoms in total. The van der Waals surface area contributed by atoms with Crippen molar-refractivity contribution in [1.29, 1.82) is 5.41 Å². The fourth-order valence-corrected chi connectivity index (χ4v) is 1.22. The van der Waals surface area contributed by atoms with Gasteiger partial charge in [0.15, 0.2) is 0 Å². The van der Waals surface area contributed by atoms with Crippen molar-refractivity contribution in [2.75, 3.05) is 6.61 Å². The molecule has 16 heavy (non-hydrogen) atoms. The lowest BCUT2D eigenvalue weighted by molar-refractivity contribution is 0.275. The van der Waals surface area contributed by atoms with Crippen molar-refractivity contribution in [3.8, 4) is 6.01 Å². The fourth-order valence-electron chi connectivity index (χ4n) is 1.22. The standard InChI is InChI=1S/C11H18N4O/c1-8(2)4-3-7-16-11-14-6-5-9(15-11)10(12)13/h5-6,8H,3-4,7H2,1-2H3,(H3,12,13). The largest absolute Gasteiger partial charge is 0.463 e. The van der Waals surface area contributed by atoms with E-state index < -0.39 is 0 Å². The molecule has 0 fully saturated rings. The molecule has 0 radical (unpaired) electrons. The highest BCUT2D eigenvalue weighted by molar-refractivity contribution is 5.92. The van der Waals surface area contributed by atoms with Crippen LogP contribution >= 0.6 is 0 Å². The first kappa shape index (κ1) is 12.4. The van der Waals surface area contributed by atoms with Crippen molar-refractivity contribution in [2.24, 2.45) is 11.7 Å². The molecule has 0 aromatic carbocycles. The third kappa shape index (κ3) is 4.25. The van der Waals surface area contributed by atoms with E-state index in [2.05, 4.69) is 23.8 Å². The van der Waals surface area contributed by atoms with E-state index in [0.717, 1.165) is 12.8 Å². The summed E-state index contributed by atoms with van der Waals surface area (Å²) >= 11 is 0. The Morgan fingerprint density at radius 3 is 2.94 bits per heavy atom. The van der Waals surface area contributed by atoms with Crippen LogP contribution in [0.15, 0.2) is 12.3 Å². The predicted octanol–water partition coefficient (Wildman–Crippen LogP) is 1.58. The van der Waals surface area contributed by atoms with E-state index in [0.29, 0.717) is 18.2 Å². The lowest BCUT2D eigenvalue weighted by atomic mass is 10.1. The van der Waals surface area contributed by atoms with Gasteiger partial charge in [0.25, 0.3) is 0 Å². The minimum Gasteiger partial charge on any atom is -0.463 e. The van der Waals surface area contributed by atoms with Crippen LogP contribution in [0.25, 0.3) is 0 Å². The van der Waals surface area contributed by atoms with E-state index in [1.807, 2.05) is 0 Å². The maximum atomic E-state index is 7.23. The second-order valence-corrected chi connectivity index (χ2v) is 4.02. The summed E-state index contributed by atoms with van der Waals surface area (Å²) in [5.41, 5.74) is 5.71. The number of hydrogen-bond donors (Lipinski definition) is 2. The number of nitrogens with two attached hydrogens (primary N) is 1. The molecule has 1 aromatic rings. The van der Waals surface area contributed by atoms with Gasteiger partial charge < -0.3 is 10.5 Å². The minimum absolute atomic E-state index is 0.0746. The maximum Gasteiger partial charge on any atom is 0.316 e. The maximum absolute atomic E-state index is 7.23. The van der Waals surface area contributed by atoms with E-state index >= 15 is 0 Å². The van der Waals surface area contributed by atoms with Crippen molar-refractivity contribution in [2.45, 2.75) is 26.7 Å². The number of nitrogen functional groups attached to an aromatic ring is 1. The number of rotatable bonds is 6. The van der Waals surface area contributed by atoms with E-state index in [-0.39, 0.29) is 11.8 Å². The molecule has 0 saturated carbocycles. The summed E-state index contributed by atoms with van der Waals surface area (Å²) in [7, 11) is 0. The quantitative estimate of drug-likeness (QED) is 0.434. The highest BCUT2D eigenvalue weighted by Crippen LogP contribution is 2.06. The molecule has 0 aliphatic carbocycles. The van der Waals surface area contributed by atoms with Crippen LogP contribution in [0.5, 0.6) is 6.01 Å². The SMILES string of the molecule is CC(C)CCCOc1nccc(C(=N)N)n1. The highest BCUT2D eigenvalue weighted by Gasteiger charge is 2.02. The molecule has 0 bridgehead atoms. The summed E-state index contributed by atoms with van der Waals surface area (Å²) in [4.78, 5) is 7.96. The monoisotopic (exact) mass is 222 g/mol. The molecule has 0 spiro atoms. The smallest absolute Gasteiger partial charge is 0.316 e. The first-order valence-corrected chi connectivity index (χ1v) is 5.40. The summed E-state index contributed by atoms with van der Waals surface area (Å²) < 4.78 is 5.37. The van der Waals surface area contributed by atoms with Crippen LogP contribution in [0.2, 0.25) is 0 Å². The molecular formula is C11H18N4O. The van der Waals surface area contributed by atoms with Gasteiger partial charge >= 0.3 is 6.01 Å². The molecule has 0 aliphatic rings. The van der Waals surface area contributed by atoms with Crippen molar-refractivity contribution in [3.63, 3.8) is 0 Å². The Hall–Kier alpha value is -1.65. The molecule has 5 heteroatoms. The topological polar surface area (TPSA) is 84.9 Å². The number of amidine groups is 1. The first-order valence-electron chi connectivity index (χ1n) is 5.40. The van der Waals surface area contributed by atoms with Crippen molar-refractivity contribution >= 4 is 5.84 Å². The normalized spacial score (nSPS) is 10.4. The molecule has 0 saturated heterocycles. The lowest BCUT2D eigenvalue weighted by Crippen LogP contribution is -2.14. The Bertz CT molecular complexity index is 352. The summed E-state index contributed by atoms with van der Waals surface area (Å²) in [6, 6.07) is 1.88. The second kappa shape index (κ2) is 6.05. The van der Waals surface area contributed by atoms with Crippen LogP contribution in [0.1, 0.15) is 32.4 Å².